The second-order valence-electron chi connectivity index (χ2n) is 7.02. The Morgan fingerprint density at radius 1 is 1.20 bits per heavy atom. The number of ether oxygens (including phenoxy) is 2. The van der Waals surface area contributed by atoms with E-state index < -0.39 is 0 Å². The lowest BCUT2D eigenvalue weighted by Crippen LogP contribution is -2.37. The van der Waals surface area contributed by atoms with E-state index in [1.807, 2.05) is 38.1 Å². The molecule has 1 N–H and O–H groups in total. The Morgan fingerprint density at radius 3 is 2.70 bits per heavy atom. The van der Waals surface area contributed by atoms with Crippen LogP contribution >= 0.6 is 0 Å². The van der Waals surface area contributed by atoms with E-state index in [-0.39, 0.29) is 12.3 Å². The van der Waals surface area contributed by atoms with Gasteiger partial charge in [-0.15, -0.1) is 0 Å². The smallest absolute Gasteiger partial charge is 0.263 e. The number of aryl methyl sites for hydroxylation is 2. The molecule has 0 saturated carbocycles. The van der Waals surface area contributed by atoms with Gasteiger partial charge in [-0.2, -0.15) is 4.98 Å². The van der Waals surface area contributed by atoms with Crippen molar-refractivity contribution in [2.45, 2.75) is 26.7 Å². The van der Waals surface area contributed by atoms with Crippen LogP contribution < -0.4 is 15.0 Å². The minimum Gasteiger partial charge on any atom is -0.494 e. The molecule has 0 bridgehead atoms. The molecule has 4 rings (SSSR count). The zero-order valence-corrected chi connectivity index (χ0v) is 17.2. The third kappa shape index (κ3) is 4.51. The zero-order valence-electron chi connectivity index (χ0n) is 17.2. The summed E-state index contributed by atoms with van der Waals surface area (Å²) < 4.78 is 16.2. The van der Waals surface area contributed by atoms with E-state index in [4.69, 9.17) is 19.0 Å². The fourth-order valence-electron chi connectivity index (χ4n) is 3.38. The number of nitrogens with zero attached hydrogens (tertiary/aromatic N) is 4. The van der Waals surface area contributed by atoms with Gasteiger partial charge < -0.3 is 24.2 Å². The van der Waals surface area contributed by atoms with Gasteiger partial charge in [0.2, 0.25) is 5.91 Å². The van der Waals surface area contributed by atoms with Crippen molar-refractivity contribution < 1.29 is 18.8 Å². The number of anilines is 2. The van der Waals surface area contributed by atoms with E-state index in [1.54, 1.807) is 0 Å². The first-order chi connectivity index (χ1) is 14.6. The summed E-state index contributed by atoms with van der Waals surface area (Å²) in [6.07, 6.45) is 0.657. The van der Waals surface area contributed by atoms with Gasteiger partial charge in [-0.25, -0.2) is 4.98 Å². The number of fused-ring (bicyclic) bond motifs is 1. The maximum Gasteiger partial charge on any atom is 0.263 e. The molecule has 1 aliphatic rings. The van der Waals surface area contributed by atoms with Crippen LogP contribution in [0.1, 0.15) is 24.9 Å². The predicted octanol–water partition coefficient (Wildman–Crippen LogP) is 2.73. The Bertz CT molecular complexity index is 1010. The average molecular weight is 411 g/mol. The molecule has 9 heteroatoms. The molecular formula is C21H25N5O4. The topological polar surface area (TPSA) is 103 Å². The van der Waals surface area contributed by atoms with Crippen LogP contribution in [-0.4, -0.2) is 53.9 Å². The lowest BCUT2D eigenvalue weighted by Gasteiger charge is -2.28. The molecule has 158 valence electrons. The molecule has 1 aliphatic heterocycles. The van der Waals surface area contributed by atoms with Gasteiger partial charge in [-0.05, 0) is 38.1 Å². The summed E-state index contributed by atoms with van der Waals surface area (Å²) >= 11 is 0. The normalized spacial score (nSPS) is 14.1. The highest BCUT2D eigenvalue weighted by Crippen LogP contribution is 2.28. The van der Waals surface area contributed by atoms with E-state index >= 15 is 0 Å². The number of aromatic nitrogens is 3. The van der Waals surface area contributed by atoms with Gasteiger partial charge in [0.1, 0.15) is 22.8 Å². The minimum absolute atomic E-state index is 0.107. The van der Waals surface area contributed by atoms with Gasteiger partial charge in [0.15, 0.2) is 0 Å². The molecule has 0 unspecified atom stereocenters. The number of hydrogen-bond acceptors (Lipinski definition) is 8. The largest absolute Gasteiger partial charge is 0.494 e. The molecule has 0 atom stereocenters. The van der Waals surface area contributed by atoms with Crippen LogP contribution in [0.15, 0.2) is 28.8 Å². The molecule has 1 saturated heterocycles. The quantitative estimate of drug-likeness (QED) is 0.633. The van der Waals surface area contributed by atoms with E-state index in [9.17, 15) is 4.79 Å². The number of amides is 1. The van der Waals surface area contributed by atoms with Gasteiger partial charge in [0, 0.05) is 31.6 Å². The van der Waals surface area contributed by atoms with Gasteiger partial charge in [-0.1, -0.05) is 5.16 Å². The zero-order chi connectivity index (χ0) is 20.9. The Hall–Kier alpha value is -3.20. The van der Waals surface area contributed by atoms with Crippen LogP contribution in [0.2, 0.25) is 0 Å². The molecular weight excluding hydrogens is 386 g/mol. The Balaban J connectivity index is 1.45. The molecule has 9 nitrogen and oxygen atoms in total. The highest BCUT2D eigenvalue weighted by atomic mass is 16.5. The molecule has 1 amide bonds. The second-order valence-corrected chi connectivity index (χ2v) is 7.02. The van der Waals surface area contributed by atoms with Gasteiger partial charge >= 0.3 is 0 Å². The molecule has 1 fully saturated rings. The van der Waals surface area contributed by atoms with E-state index in [2.05, 4.69) is 20.4 Å². The molecule has 0 radical (unpaired) electrons. The maximum atomic E-state index is 12.4. The first kappa shape index (κ1) is 20.1. The first-order valence-electron chi connectivity index (χ1n) is 10.1. The molecule has 1 aromatic carbocycles. The first-order valence-corrected chi connectivity index (χ1v) is 10.1. The van der Waals surface area contributed by atoms with Crippen LogP contribution in [0, 0.1) is 6.92 Å². The highest BCUT2D eigenvalue weighted by molar-refractivity contribution is 5.91. The molecule has 2 aromatic heterocycles. The van der Waals surface area contributed by atoms with Crippen LogP contribution in [0.3, 0.4) is 0 Å². The Kier molecular flexibility index (Phi) is 6.08. The predicted molar refractivity (Wildman–Crippen MR) is 112 cm³/mol. The van der Waals surface area contributed by atoms with Crippen LogP contribution in [-0.2, 0) is 16.0 Å². The third-order valence-corrected chi connectivity index (χ3v) is 4.87. The van der Waals surface area contributed by atoms with Crippen LogP contribution in [0.5, 0.6) is 5.75 Å². The van der Waals surface area contributed by atoms with Crippen molar-refractivity contribution in [3.8, 4) is 5.75 Å². The second kappa shape index (κ2) is 9.08. The monoisotopic (exact) mass is 411 g/mol. The summed E-state index contributed by atoms with van der Waals surface area (Å²) in [7, 11) is 0. The number of benzene rings is 1. The van der Waals surface area contributed by atoms with Crippen molar-refractivity contribution in [1.29, 1.82) is 0 Å². The van der Waals surface area contributed by atoms with Gasteiger partial charge in [0.05, 0.1) is 25.5 Å². The highest BCUT2D eigenvalue weighted by Gasteiger charge is 2.21. The van der Waals surface area contributed by atoms with Crippen molar-refractivity contribution in [2.24, 2.45) is 0 Å². The Labute approximate surface area is 174 Å². The summed E-state index contributed by atoms with van der Waals surface area (Å²) in [6.45, 7) is 7.20. The lowest BCUT2D eigenvalue weighted by atomic mass is 10.2. The summed E-state index contributed by atoms with van der Waals surface area (Å²) in [5, 5.41) is 7.75. The average Bonchev–Trinajstić information content (AvgIpc) is 3.15. The van der Waals surface area contributed by atoms with E-state index in [0.29, 0.717) is 37.8 Å². The lowest BCUT2D eigenvalue weighted by molar-refractivity contribution is -0.116. The van der Waals surface area contributed by atoms with Crippen molar-refractivity contribution in [1.82, 2.24) is 15.1 Å². The fourth-order valence-corrected chi connectivity index (χ4v) is 3.38. The number of nitrogens with one attached hydrogen (secondary N) is 1. The number of rotatable bonds is 7. The van der Waals surface area contributed by atoms with Crippen molar-refractivity contribution in [3.63, 3.8) is 0 Å². The summed E-state index contributed by atoms with van der Waals surface area (Å²) in [5.41, 5.74) is 1.93. The molecule has 30 heavy (non-hydrogen) atoms. The van der Waals surface area contributed by atoms with Crippen LogP contribution in [0.4, 0.5) is 11.5 Å². The van der Waals surface area contributed by atoms with E-state index in [1.165, 1.54) is 0 Å². The number of carbonyl (C=O) groups excluding carboxylic acids is 1. The van der Waals surface area contributed by atoms with Crippen molar-refractivity contribution in [3.05, 3.63) is 35.8 Å². The fraction of sp³-hybridized carbons (Fsp3) is 0.429. The van der Waals surface area contributed by atoms with Crippen molar-refractivity contribution >= 4 is 28.5 Å². The number of hydrogen-bond donors (Lipinski definition) is 1. The molecule has 0 aliphatic carbocycles. The van der Waals surface area contributed by atoms with Crippen molar-refractivity contribution in [2.75, 3.05) is 43.1 Å². The summed E-state index contributed by atoms with van der Waals surface area (Å²) in [5.74, 6) is 2.02. The SMILES string of the molecule is CCOc1ccc(NC(=O)CCc2nc(N3CCOCC3)c3c(C)noc3n2)cc1. The standard InChI is InChI=1S/C21H25N5O4/c1-3-29-16-6-4-15(5-7-16)22-18(27)9-8-17-23-20(26-10-12-28-13-11-26)19-14(2)25-30-21(19)24-17/h4-7H,3,8-13H2,1-2H3,(H,22,27). The molecule has 3 aromatic rings. The molecule has 0 spiro atoms. The van der Waals surface area contributed by atoms with Gasteiger partial charge in [-0.3, -0.25) is 4.79 Å². The number of carbonyl (C=O) groups is 1. The number of morpholine rings is 1. The summed E-state index contributed by atoms with van der Waals surface area (Å²) in [6, 6.07) is 7.30. The third-order valence-electron chi connectivity index (χ3n) is 4.87. The summed E-state index contributed by atoms with van der Waals surface area (Å²) in [4.78, 5) is 23.7. The Morgan fingerprint density at radius 2 is 1.97 bits per heavy atom. The molecule has 3 heterocycles. The van der Waals surface area contributed by atoms with E-state index in [0.717, 1.165) is 41.4 Å². The maximum absolute atomic E-state index is 12.4. The minimum atomic E-state index is -0.107. The van der Waals surface area contributed by atoms with Crippen LogP contribution in [0.25, 0.3) is 11.1 Å². The van der Waals surface area contributed by atoms with Gasteiger partial charge in [0.25, 0.3) is 5.71 Å².